The molecule has 1 aliphatic heterocycles. The predicted molar refractivity (Wildman–Crippen MR) is 111 cm³/mol. The van der Waals surface area contributed by atoms with Crippen molar-refractivity contribution in [2.75, 3.05) is 18.1 Å². The summed E-state index contributed by atoms with van der Waals surface area (Å²) in [6, 6.07) is 0. The van der Waals surface area contributed by atoms with Crippen molar-refractivity contribution in [1.82, 2.24) is 19.5 Å². The normalized spacial score (nSPS) is 27.2. The molecule has 1 aliphatic rings. The first-order chi connectivity index (χ1) is 13.5. The summed E-state index contributed by atoms with van der Waals surface area (Å²) < 4.78 is 34.1. The van der Waals surface area contributed by atoms with Crippen LogP contribution in [0.25, 0.3) is 11.2 Å². The number of fused-ring (bicyclic) bond motifs is 1. The number of aromatic nitrogens is 4. The number of anilines is 2. The standard InChI is InChI=1S/C16H26FN6O4PS/c1-7(2)25-5-9-12(27-28(24,29)8(3)4)10(17)15(26-9)23-6-20-11-13(18)21-16(19)22-14(11)23/h6-10,12,15H,5H2,1-4H3,(H,24,29)(H4,18,19,21,22)/t9-,10?,12?,15-,28?/m1/s1. The van der Waals surface area contributed by atoms with Crippen molar-refractivity contribution in [2.45, 2.75) is 64.1 Å². The Morgan fingerprint density at radius 2 is 2.03 bits per heavy atom. The molecule has 2 aromatic rings. The minimum atomic E-state index is -3.24. The highest BCUT2D eigenvalue weighted by Gasteiger charge is 2.49. The number of nitrogens with two attached hydrogens (primary N) is 2. The molecular formula is C16H26FN6O4PS. The van der Waals surface area contributed by atoms with E-state index >= 15 is 4.39 Å². The molecule has 3 heterocycles. The van der Waals surface area contributed by atoms with Crippen molar-refractivity contribution >= 4 is 41.2 Å². The van der Waals surface area contributed by atoms with Crippen molar-refractivity contribution in [3.63, 3.8) is 0 Å². The van der Waals surface area contributed by atoms with Crippen molar-refractivity contribution in [3.05, 3.63) is 6.33 Å². The number of nitrogens with zero attached hydrogens (tertiary/aromatic N) is 4. The maximum atomic E-state index is 15.5. The van der Waals surface area contributed by atoms with E-state index in [2.05, 4.69) is 15.0 Å². The highest BCUT2D eigenvalue weighted by Crippen LogP contribution is 2.52. The summed E-state index contributed by atoms with van der Waals surface area (Å²) in [4.78, 5) is 22.6. The summed E-state index contributed by atoms with van der Waals surface area (Å²) in [5.41, 5.74) is 11.7. The van der Waals surface area contributed by atoms with Crippen LogP contribution in [0.2, 0.25) is 0 Å². The molecule has 29 heavy (non-hydrogen) atoms. The van der Waals surface area contributed by atoms with Gasteiger partial charge < -0.3 is 30.4 Å². The van der Waals surface area contributed by atoms with E-state index in [1.54, 1.807) is 13.8 Å². The monoisotopic (exact) mass is 448 g/mol. The summed E-state index contributed by atoms with van der Waals surface area (Å²) in [7, 11) is 0. The minimum absolute atomic E-state index is 0.0664. The molecule has 0 amide bonds. The fraction of sp³-hybridized carbons (Fsp3) is 0.688. The maximum absolute atomic E-state index is 15.5. The van der Waals surface area contributed by atoms with Gasteiger partial charge in [0.1, 0.15) is 17.7 Å². The SMILES string of the molecule is CC(C)OC[C@H]1O[C@@H](n2cnc3c(N)nc(N)nc32)C(F)C1OP(O)(=S)C(C)C. The lowest BCUT2D eigenvalue weighted by molar-refractivity contribution is -0.0712. The van der Waals surface area contributed by atoms with Crippen LogP contribution >= 0.6 is 6.49 Å². The minimum Gasteiger partial charge on any atom is -0.382 e. The zero-order chi connectivity index (χ0) is 21.5. The van der Waals surface area contributed by atoms with Gasteiger partial charge in [-0.05, 0) is 25.7 Å². The lowest BCUT2D eigenvalue weighted by Gasteiger charge is -2.27. The molecule has 0 bridgehead atoms. The molecule has 5 N–H and O–H groups in total. The van der Waals surface area contributed by atoms with E-state index in [1.165, 1.54) is 10.9 Å². The quantitative estimate of drug-likeness (QED) is 0.536. The van der Waals surface area contributed by atoms with Crippen molar-refractivity contribution in [1.29, 1.82) is 0 Å². The smallest absolute Gasteiger partial charge is 0.224 e. The van der Waals surface area contributed by atoms with Gasteiger partial charge in [0, 0.05) is 5.66 Å². The molecule has 162 valence electrons. The molecule has 5 atom stereocenters. The van der Waals surface area contributed by atoms with E-state index in [4.69, 9.17) is 37.3 Å². The molecule has 1 saturated heterocycles. The number of imidazole rings is 1. The summed E-state index contributed by atoms with van der Waals surface area (Å²) in [5.74, 6) is 0.0149. The van der Waals surface area contributed by atoms with Crippen LogP contribution in [0.5, 0.6) is 0 Å². The zero-order valence-electron chi connectivity index (χ0n) is 16.6. The Balaban J connectivity index is 1.95. The number of alkyl halides is 1. The van der Waals surface area contributed by atoms with Gasteiger partial charge in [-0.15, -0.1) is 0 Å². The molecule has 2 aromatic heterocycles. The molecule has 0 saturated carbocycles. The third-order valence-electron chi connectivity index (χ3n) is 4.53. The molecule has 0 spiro atoms. The maximum Gasteiger partial charge on any atom is 0.224 e. The molecule has 0 aromatic carbocycles. The predicted octanol–water partition coefficient (Wildman–Crippen LogP) is 1.75. The molecule has 0 aliphatic carbocycles. The molecule has 0 radical (unpaired) electrons. The highest BCUT2D eigenvalue weighted by molar-refractivity contribution is 8.09. The van der Waals surface area contributed by atoms with Gasteiger partial charge in [-0.1, -0.05) is 13.8 Å². The van der Waals surface area contributed by atoms with Gasteiger partial charge in [-0.3, -0.25) is 4.57 Å². The zero-order valence-corrected chi connectivity index (χ0v) is 18.3. The highest BCUT2D eigenvalue weighted by atomic mass is 32.5. The number of hydrogen-bond donors (Lipinski definition) is 3. The Morgan fingerprint density at radius 1 is 1.34 bits per heavy atom. The largest absolute Gasteiger partial charge is 0.382 e. The molecule has 1 fully saturated rings. The summed E-state index contributed by atoms with van der Waals surface area (Å²) in [5, 5.41) is 0. The van der Waals surface area contributed by atoms with Crippen LogP contribution in [-0.2, 0) is 25.8 Å². The van der Waals surface area contributed by atoms with Crippen molar-refractivity contribution < 1.29 is 23.3 Å². The third-order valence-corrected chi connectivity index (χ3v) is 7.90. The lowest BCUT2D eigenvalue weighted by Crippen LogP contribution is -2.35. The second-order valence-corrected chi connectivity index (χ2v) is 11.4. The van der Waals surface area contributed by atoms with Gasteiger partial charge in [0.2, 0.25) is 5.95 Å². The summed E-state index contributed by atoms with van der Waals surface area (Å²) >= 11 is 5.20. The van der Waals surface area contributed by atoms with Gasteiger partial charge in [-0.25, -0.2) is 9.37 Å². The van der Waals surface area contributed by atoms with Gasteiger partial charge >= 0.3 is 0 Å². The Morgan fingerprint density at radius 3 is 2.66 bits per heavy atom. The first kappa shape index (κ1) is 22.3. The third kappa shape index (κ3) is 4.52. The molecule has 3 rings (SSSR count). The van der Waals surface area contributed by atoms with Crippen LogP contribution in [0.3, 0.4) is 0 Å². The Bertz CT molecular complexity index is 928. The Labute approximate surface area is 172 Å². The van der Waals surface area contributed by atoms with Gasteiger partial charge in [0.05, 0.1) is 19.0 Å². The van der Waals surface area contributed by atoms with E-state index in [-0.39, 0.29) is 41.3 Å². The van der Waals surface area contributed by atoms with Crippen LogP contribution in [-0.4, -0.2) is 61.2 Å². The second-order valence-electron chi connectivity index (χ2n) is 7.41. The number of hydrogen-bond acceptors (Lipinski definition) is 9. The van der Waals surface area contributed by atoms with E-state index in [0.717, 1.165) is 0 Å². The lowest BCUT2D eigenvalue weighted by atomic mass is 10.1. The second kappa shape index (κ2) is 8.37. The Hall–Kier alpha value is -1.43. The summed E-state index contributed by atoms with van der Waals surface area (Å²) in [6.07, 6.45) is -3.46. The Kier molecular flexibility index (Phi) is 6.42. The van der Waals surface area contributed by atoms with E-state index in [9.17, 15) is 4.89 Å². The topological polar surface area (TPSA) is 144 Å². The van der Waals surface area contributed by atoms with Crippen LogP contribution in [0.1, 0.15) is 33.9 Å². The van der Waals surface area contributed by atoms with Crippen LogP contribution in [0.4, 0.5) is 16.2 Å². The van der Waals surface area contributed by atoms with Gasteiger partial charge in [0.25, 0.3) is 0 Å². The average molecular weight is 448 g/mol. The van der Waals surface area contributed by atoms with Crippen LogP contribution < -0.4 is 11.5 Å². The van der Waals surface area contributed by atoms with E-state index < -0.39 is 31.1 Å². The first-order valence-corrected chi connectivity index (χ1v) is 11.9. The number of nitrogen functional groups attached to an aromatic ring is 2. The molecule has 13 heteroatoms. The average Bonchev–Trinajstić information content (AvgIpc) is 3.15. The van der Waals surface area contributed by atoms with Gasteiger partial charge in [-0.2, -0.15) is 9.97 Å². The van der Waals surface area contributed by atoms with Gasteiger partial charge in [0.15, 0.2) is 30.4 Å². The van der Waals surface area contributed by atoms with Crippen molar-refractivity contribution in [3.8, 4) is 0 Å². The van der Waals surface area contributed by atoms with Crippen LogP contribution in [0, 0.1) is 0 Å². The molecule has 3 unspecified atom stereocenters. The number of halogens is 1. The molecule has 10 nitrogen and oxygen atoms in total. The summed E-state index contributed by atoms with van der Waals surface area (Å²) in [6.45, 7) is 4.00. The van der Waals surface area contributed by atoms with E-state index in [1.807, 2.05) is 13.8 Å². The fourth-order valence-electron chi connectivity index (χ4n) is 2.90. The number of rotatable bonds is 7. The fourth-order valence-corrected chi connectivity index (χ4v) is 4.05. The van der Waals surface area contributed by atoms with Crippen molar-refractivity contribution in [2.24, 2.45) is 0 Å². The van der Waals surface area contributed by atoms with Crippen LogP contribution in [0.15, 0.2) is 6.33 Å². The molecular weight excluding hydrogens is 422 g/mol. The number of ether oxygens (including phenoxy) is 2. The first-order valence-electron chi connectivity index (χ1n) is 9.18. The van der Waals surface area contributed by atoms with E-state index in [0.29, 0.717) is 0 Å².